The van der Waals surface area contributed by atoms with E-state index in [2.05, 4.69) is 155 Å². The van der Waals surface area contributed by atoms with Crippen LogP contribution >= 0.6 is 11.3 Å². The second-order valence-corrected chi connectivity index (χ2v) is 12.4. The number of benzene rings is 7. The first-order chi connectivity index (χ1) is 21.3. The molecule has 0 amide bonds. The maximum Gasteiger partial charge on any atom is 0.0555 e. The molecule has 0 unspecified atom stereocenters. The van der Waals surface area contributed by atoms with Gasteiger partial charge in [0.25, 0.3) is 0 Å². The standard InChI is InChI=1S/C40H24N2S/c1-2-11-26-24-27(21-20-25(26)10-1)41-31-15-6-3-12-28(31)39-34(41)22-23-35-40(39)29-13-4-7-16-32(29)42(35)33-17-9-19-37-38(33)30-14-5-8-18-36(30)43-37/h1-24H. The minimum atomic E-state index is 1.18. The van der Waals surface area contributed by atoms with E-state index in [1.807, 2.05) is 11.3 Å². The van der Waals surface area contributed by atoms with Crippen molar-refractivity contribution in [1.29, 1.82) is 0 Å². The molecule has 3 aromatic heterocycles. The van der Waals surface area contributed by atoms with Gasteiger partial charge in [-0.25, -0.2) is 0 Å². The number of aromatic nitrogens is 2. The predicted molar refractivity (Wildman–Crippen MR) is 186 cm³/mol. The van der Waals surface area contributed by atoms with Gasteiger partial charge in [0.2, 0.25) is 0 Å². The highest BCUT2D eigenvalue weighted by molar-refractivity contribution is 7.25. The monoisotopic (exact) mass is 564 g/mol. The highest BCUT2D eigenvalue weighted by atomic mass is 32.1. The molecule has 200 valence electrons. The van der Waals surface area contributed by atoms with E-state index >= 15 is 0 Å². The van der Waals surface area contributed by atoms with Gasteiger partial charge in [-0.3, -0.25) is 0 Å². The Kier molecular flexibility index (Phi) is 4.63. The Balaban J connectivity index is 1.38. The molecule has 0 aliphatic carbocycles. The van der Waals surface area contributed by atoms with Crippen molar-refractivity contribution in [3.63, 3.8) is 0 Å². The van der Waals surface area contributed by atoms with Crippen molar-refractivity contribution in [1.82, 2.24) is 9.13 Å². The molecule has 0 radical (unpaired) electrons. The van der Waals surface area contributed by atoms with Crippen LogP contribution < -0.4 is 0 Å². The second-order valence-electron chi connectivity index (χ2n) is 11.3. The molecular formula is C40H24N2S. The zero-order valence-electron chi connectivity index (χ0n) is 23.2. The van der Waals surface area contributed by atoms with Gasteiger partial charge in [0.05, 0.1) is 27.8 Å². The molecule has 2 nitrogen and oxygen atoms in total. The van der Waals surface area contributed by atoms with Gasteiger partial charge in [-0.05, 0) is 65.4 Å². The van der Waals surface area contributed by atoms with Crippen molar-refractivity contribution in [2.24, 2.45) is 0 Å². The van der Waals surface area contributed by atoms with Gasteiger partial charge in [0, 0.05) is 47.4 Å². The number of rotatable bonds is 2. The topological polar surface area (TPSA) is 9.86 Å². The van der Waals surface area contributed by atoms with E-state index in [0.717, 1.165) is 0 Å². The summed E-state index contributed by atoms with van der Waals surface area (Å²) in [7, 11) is 0. The molecule has 3 heterocycles. The Labute approximate surface area is 251 Å². The molecule has 0 bridgehead atoms. The Morgan fingerprint density at radius 3 is 1.77 bits per heavy atom. The molecule has 10 rings (SSSR count). The first-order valence-corrected chi connectivity index (χ1v) is 15.5. The summed E-state index contributed by atoms with van der Waals surface area (Å²) in [5, 5.41) is 10.3. The van der Waals surface area contributed by atoms with Crippen LogP contribution in [0.25, 0.3) is 85.9 Å². The zero-order valence-corrected chi connectivity index (χ0v) is 24.0. The van der Waals surface area contributed by atoms with Crippen molar-refractivity contribution < 1.29 is 0 Å². The lowest BCUT2D eigenvalue weighted by atomic mass is 10.1. The van der Waals surface area contributed by atoms with Crippen LogP contribution in [0.2, 0.25) is 0 Å². The fraction of sp³-hybridized carbons (Fsp3) is 0. The molecule has 0 fully saturated rings. The molecule has 10 aromatic rings. The highest BCUT2D eigenvalue weighted by Crippen LogP contribution is 2.45. The van der Waals surface area contributed by atoms with Crippen LogP contribution in [0.15, 0.2) is 146 Å². The number of hydrogen-bond acceptors (Lipinski definition) is 1. The summed E-state index contributed by atoms with van der Waals surface area (Å²) in [6, 6.07) is 53.4. The summed E-state index contributed by atoms with van der Waals surface area (Å²) in [5.74, 6) is 0. The van der Waals surface area contributed by atoms with Gasteiger partial charge in [-0.15, -0.1) is 11.3 Å². The summed E-state index contributed by atoms with van der Waals surface area (Å²) in [5.41, 5.74) is 7.34. The van der Waals surface area contributed by atoms with Crippen LogP contribution in [0.1, 0.15) is 0 Å². The van der Waals surface area contributed by atoms with Crippen molar-refractivity contribution in [3.05, 3.63) is 146 Å². The zero-order chi connectivity index (χ0) is 28.1. The minimum Gasteiger partial charge on any atom is -0.309 e. The van der Waals surface area contributed by atoms with Gasteiger partial charge >= 0.3 is 0 Å². The molecular weight excluding hydrogens is 541 g/mol. The Bertz CT molecular complexity index is 2740. The first kappa shape index (κ1) is 23.2. The van der Waals surface area contributed by atoms with E-state index in [-0.39, 0.29) is 0 Å². The third kappa shape index (κ3) is 3.12. The summed E-state index contributed by atoms with van der Waals surface area (Å²) < 4.78 is 7.58. The van der Waals surface area contributed by atoms with Gasteiger partial charge in [0.15, 0.2) is 0 Å². The SMILES string of the molecule is c1ccc2cc(-n3c4ccccc4c4c5c6ccccc6n(-c6cccc7sc8ccccc8c67)c5ccc43)ccc2c1. The lowest BCUT2D eigenvalue weighted by molar-refractivity contribution is 1.18. The van der Waals surface area contributed by atoms with Crippen molar-refractivity contribution >= 4 is 85.9 Å². The van der Waals surface area contributed by atoms with E-state index in [0.29, 0.717) is 0 Å². The quantitative estimate of drug-likeness (QED) is 0.198. The van der Waals surface area contributed by atoms with E-state index in [1.165, 1.54) is 85.9 Å². The fourth-order valence-corrected chi connectivity index (χ4v) is 8.44. The third-order valence-corrected chi connectivity index (χ3v) is 10.2. The van der Waals surface area contributed by atoms with Crippen LogP contribution in [-0.4, -0.2) is 9.13 Å². The molecule has 0 saturated carbocycles. The molecule has 0 atom stereocenters. The first-order valence-electron chi connectivity index (χ1n) is 14.7. The highest BCUT2D eigenvalue weighted by Gasteiger charge is 2.21. The number of thiophene rings is 1. The maximum atomic E-state index is 2.49. The van der Waals surface area contributed by atoms with Gasteiger partial charge in [0.1, 0.15) is 0 Å². The smallest absolute Gasteiger partial charge is 0.0555 e. The third-order valence-electron chi connectivity index (χ3n) is 9.08. The largest absolute Gasteiger partial charge is 0.309 e. The Morgan fingerprint density at radius 2 is 0.977 bits per heavy atom. The summed E-state index contributed by atoms with van der Waals surface area (Å²) in [6.07, 6.45) is 0. The summed E-state index contributed by atoms with van der Waals surface area (Å²) in [6.45, 7) is 0. The lowest BCUT2D eigenvalue weighted by Crippen LogP contribution is -1.95. The molecule has 43 heavy (non-hydrogen) atoms. The summed E-state index contributed by atoms with van der Waals surface area (Å²) >= 11 is 1.87. The van der Waals surface area contributed by atoms with Crippen LogP contribution in [-0.2, 0) is 0 Å². The van der Waals surface area contributed by atoms with Crippen LogP contribution in [0.3, 0.4) is 0 Å². The maximum absolute atomic E-state index is 2.49. The molecule has 0 saturated heterocycles. The van der Waals surface area contributed by atoms with Crippen molar-refractivity contribution in [3.8, 4) is 11.4 Å². The predicted octanol–water partition coefficient (Wildman–Crippen LogP) is 11.4. The Hall–Kier alpha value is -5.38. The molecule has 0 aliphatic heterocycles. The minimum absolute atomic E-state index is 1.18. The average molecular weight is 565 g/mol. The molecule has 3 heteroatoms. The lowest BCUT2D eigenvalue weighted by Gasteiger charge is -2.11. The number of nitrogens with zero attached hydrogens (tertiary/aromatic N) is 2. The van der Waals surface area contributed by atoms with Crippen molar-refractivity contribution in [2.45, 2.75) is 0 Å². The van der Waals surface area contributed by atoms with Crippen LogP contribution in [0.5, 0.6) is 0 Å². The normalized spacial score (nSPS) is 12.2. The number of fused-ring (bicyclic) bond motifs is 11. The average Bonchev–Trinajstić information content (AvgIpc) is 3.72. The van der Waals surface area contributed by atoms with Crippen LogP contribution in [0, 0.1) is 0 Å². The number of hydrogen-bond donors (Lipinski definition) is 0. The van der Waals surface area contributed by atoms with Gasteiger partial charge in [-0.1, -0.05) is 91.0 Å². The second kappa shape index (κ2) is 8.57. The van der Waals surface area contributed by atoms with Gasteiger partial charge in [-0.2, -0.15) is 0 Å². The van der Waals surface area contributed by atoms with E-state index in [1.54, 1.807) is 0 Å². The fourth-order valence-electron chi connectivity index (χ4n) is 7.31. The van der Waals surface area contributed by atoms with Gasteiger partial charge < -0.3 is 9.13 Å². The Morgan fingerprint density at radius 1 is 0.372 bits per heavy atom. The van der Waals surface area contributed by atoms with E-state index < -0.39 is 0 Å². The van der Waals surface area contributed by atoms with Crippen LogP contribution in [0.4, 0.5) is 0 Å². The summed E-state index contributed by atoms with van der Waals surface area (Å²) in [4.78, 5) is 0. The number of para-hydroxylation sites is 2. The van der Waals surface area contributed by atoms with E-state index in [9.17, 15) is 0 Å². The van der Waals surface area contributed by atoms with E-state index in [4.69, 9.17) is 0 Å². The van der Waals surface area contributed by atoms with Crippen molar-refractivity contribution in [2.75, 3.05) is 0 Å². The molecule has 7 aromatic carbocycles. The molecule has 0 spiro atoms. The molecule has 0 aliphatic rings. The molecule has 0 N–H and O–H groups in total.